The summed E-state index contributed by atoms with van der Waals surface area (Å²) >= 11 is 5.17. The highest BCUT2D eigenvalue weighted by Gasteiger charge is 2.52. The van der Waals surface area contributed by atoms with Gasteiger partial charge in [0.15, 0.2) is 0 Å². The maximum atomic E-state index is 12.8. The summed E-state index contributed by atoms with van der Waals surface area (Å²) in [5, 5.41) is 0. The fraction of sp³-hybridized carbons (Fsp3) is 0.857. The van der Waals surface area contributed by atoms with Crippen molar-refractivity contribution in [3.05, 3.63) is 0 Å². The molecule has 0 aromatic heterocycles. The van der Waals surface area contributed by atoms with Crippen molar-refractivity contribution in [3.63, 3.8) is 0 Å². The maximum Gasteiger partial charge on any atom is 0.235 e. The van der Waals surface area contributed by atoms with Gasteiger partial charge in [0, 0.05) is 19.1 Å². The molecule has 0 heterocycles. The minimum absolute atomic E-state index is 0.120. The minimum atomic E-state index is -0.578. The topological polar surface area (TPSA) is 49.6 Å². The van der Waals surface area contributed by atoms with Crippen molar-refractivity contribution < 1.29 is 4.79 Å². The first-order valence-corrected chi connectivity index (χ1v) is 7.41. The van der Waals surface area contributed by atoms with Crippen molar-refractivity contribution in [1.82, 2.24) is 9.80 Å². The summed E-state index contributed by atoms with van der Waals surface area (Å²) in [6, 6.07) is 0.176. The highest BCUT2D eigenvalue weighted by atomic mass is 32.1. The van der Waals surface area contributed by atoms with E-state index in [1.54, 1.807) is 0 Å². The Morgan fingerprint density at radius 3 is 2.32 bits per heavy atom. The van der Waals surface area contributed by atoms with Crippen LogP contribution < -0.4 is 5.73 Å². The lowest BCUT2D eigenvalue weighted by Crippen LogP contribution is -2.59. The fourth-order valence-electron chi connectivity index (χ4n) is 3.17. The molecule has 0 radical (unpaired) electrons. The Morgan fingerprint density at radius 2 is 2.00 bits per heavy atom. The van der Waals surface area contributed by atoms with Crippen LogP contribution >= 0.6 is 12.2 Å². The van der Waals surface area contributed by atoms with E-state index in [4.69, 9.17) is 18.0 Å². The molecule has 1 rings (SSSR count). The number of amides is 1. The first-order valence-electron chi connectivity index (χ1n) is 7.00. The quantitative estimate of drug-likeness (QED) is 0.751. The average Bonchev–Trinajstić information content (AvgIpc) is 2.23. The Hall–Kier alpha value is -0.680. The lowest BCUT2D eigenvalue weighted by atomic mass is 9.61. The van der Waals surface area contributed by atoms with E-state index < -0.39 is 5.41 Å². The number of carbonyl (C=O) groups is 1. The van der Waals surface area contributed by atoms with Crippen molar-refractivity contribution >= 4 is 23.1 Å². The number of rotatable bonds is 6. The van der Waals surface area contributed by atoms with Gasteiger partial charge in [-0.1, -0.05) is 19.1 Å². The van der Waals surface area contributed by atoms with Crippen LogP contribution in [-0.2, 0) is 4.79 Å². The molecule has 1 aliphatic carbocycles. The first-order chi connectivity index (χ1) is 8.74. The molecule has 1 atom stereocenters. The molecule has 0 bridgehead atoms. The van der Waals surface area contributed by atoms with Crippen LogP contribution in [-0.4, -0.2) is 53.9 Å². The van der Waals surface area contributed by atoms with E-state index in [-0.39, 0.29) is 11.9 Å². The zero-order chi connectivity index (χ0) is 14.8. The Kier molecular flexibility index (Phi) is 5.33. The molecule has 0 aliphatic heterocycles. The molecule has 0 saturated heterocycles. The van der Waals surface area contributed by atoms with E-state index >= 15 is 0 Å². The molecule has 4 nitrogen and oxygen atoms in total. The highest BCUT2D eigenvalue weighted by molar-refractivity contribution is 7.80. The van der Waals surface area contributed by atoms with Crippen molar-refractivity contribution in [2.45, 2.75) is 39.7 Å². The average molecular weight is 285 g/mol. The molecule has 19 heavy (non-hydrogen) atoms. The monoisotopic (exact) mass is 285 g/mol. The molecule has 1 amide bonds. The number of hydrogen-bond acceptors (Lipinski definition) is 3. The van der Waals surface area contributed by atoms with Gasteiger partial charge in [0.2, 0.25) is 5.91 Å². The maximum absolute atomic E-state index is 12.8. The summed E-state index contributed by atoms with van der Waals surface area (Å²) in [6.07, 6.45) is 1.60. The molecule has 0 aromatic rings. The molecular weight excluding hydrogens is 258 g/mol. The van der Waals surface area contributed by atoms with Crippen LogP contribution in [0, 0.1) is 11.3 Å². The summed E-state index contributed by atoms with van der Waals surface area (Å²) in [6.45, 7) is 7.79. The smallest absolute Gasteiger partial charge is 0.235 e. The molecule has 1 saturated carbocycles. The van der Waals surface area contributed by atoms with Crippen LogP contribution in [0.1, 0.15) is 33.6 Å². The van der Waals surface area contributed by atoms with Gasteiger partial charge < -0.3 is 15.5 Å². The van der Waals surface area contributed by atoms with Crippen LogP contribution in [0.2, 0.25) is 0 Å². The van der Waals surface area contributed by atoms with Gasteiger partial charge in [0.05, 0.1) is 10.4 Å². The van der Waals surface area contributed by atoms with Gasteiger partial charge in [-0.05, 0) is 46.7 Å². The predicted molar refractivity (Wildman–Crippen MR) is 83.0 cm³/mol. The Morgan fingerprint density at radius 1 is 1.47 bits per heavy atom. The largest absolute Gasteiger partial charge is 0.392 e. The second kappa shape index (κ2) is 6.18. The zero-order valence-corrected chi connectivity index (χ0v) is 13.6. The van der Waals surface area contributed by atoms with Crippen molar-refractivity contribution in [2.75, 3.05) is 27.2 Å². The summed E-state index contributed by atoms with van der Waals surface area (Å²) in [4.78, 5) is 17.2. The molecule has 0 spiro atoms. The Bertz CT molecular complexity index is 351. The van der Waals surface area contributed by atoms with Gasteiger partial charge in [-0.25, -0.2) is 0 Å². The number of thiocarbonyl (C=S) groups is 1. The predicted octanol–water partition coefficient (Wildman–Crippen LogP) is 1.49. The van der Waals surface area contributed by atoms with E-state index in [1.165, 1.54) is 0 Å². The van der Waals surface area contributed by atoms with E-state index in [2.05, 4.69) is 18.7 Å². The minimum Gasteiger partial charge on any atom is -0.392 e. The van der Waals surface area contributed by atoms with Gasteiger partial charge in [-0.3, -0.25) is 4.79 Å². The third-order valence-corrected chi connectivity index (χ3v) is 4.43. The molecule has 0 aromatic carbocycles. The van der Waals surface area contributed by atoms with Crippen molar-refractivity contribution in [3.8, 4) is 0 Å². The highest BCUT2D eigenvalue weighted by Crippen LogP contribution is 2.47. The second-order valence-electron chi connectivity index (χ2n) is 6.16. The van der Waals surface area contributed by atoms with E-state index in [9.17, 15) is 4.79 Å². The standard InChI is InChI=1S/C14H27N3OS/c1-6-17(11(3)9-16(4)5)13(18)14(12(15)19)7-10(2)8-14/h10-11H,6-9H2,1-5H3,(H2,15,19). The fourth-order valence-corrected chi connectivity index (χ4v) is 3.42. The molecule has 1 fully saturated rings. The molecule has 5 heteroatoms. The third-order valence-electron chi connectivity index (χ3n) is 4.04. The Labute approximate surface area is 122 Å². The van der Waals surface area contributed by atoms with E-state index in [0.717, 1.165) is 19.4 Å². The van der Waals surface area contributed by atoms with Gasteiger partial charge in [-0.2, -0.15) is 0 Å². The van der Waals surface area contributed by atoms with E-state index in [0.29, 0.717) is 17.5 Å². The van der Waals surface area contributed by atoms with Gasteiger partial charge in [0.1, 0.15) is 0 Å². The van der Waals surface area contributed by atoms with Gasteiger partial charge in [-0.15, -0.1) is 0 Å². The SMILES string of the molecule is CCN(C(=O)C1(C(N)=S)CC(C)C1)C(C)CN(C)C. The first kappa shape index (κ1) is 16.4. The van der Waals surface area contributed by atoms with Crippen LogP contribution in [0.3, 0.4) is 0 Å². The summed E-state index contributed by atoms with van der Waals surface area (Å²) in [5.41, 5.74) is 5.29. The third kappa shape index (κ3) is 3.26. The lowest BCUT2D eigenvalue weighted by molar-refractivity contribution is -0.146. The van der Waals surface area contributed by atoms with Gasteiger partial charge >= 0.3 is 0 Å². The number of nitrogens with zero attached hydrogens (tertiary/aromatic N) is 2. The Balaban J connectivity index is 2.85. The second-order valence-corrected chi connectivity index (χ2v) is 6.60. The van der Waals surface area contributed by atoms with Crippen LogP contribution in [0.25, 0.3) is 0 Å². The molecule has 1 aliphatic rings. The van der Waals surface area contributed by atoms with Crippen LogP contribution in [0.4, 0.5) is 0 Å². The molecule has 1 unspecified atom stereocenters. The van der Waals surface area contributed by atoms with Gasteiger partial charge in [0.25, 0.3) is 0 Å². The number of carbonyl (C=O) groups excluding carboxylic acids is 1. The lowest BCUT2D eigenvalue weighted by Gasteiger charge is -2.47. The molecular formula is C14H27N3OS. The van der Waals surface area contributed by atoms with Crippen LogP contribution in [0.15, 0.2) is 0 Å². The van der Waals surface area contributed by atoms with Crippen LogP contribution in [0.5, 0.6) is 0 Å². The van der Waals surface area contributed by atoms with E-state index in [1.807, 2.05) is 25.9 Å². The molecule has 110 valence electrons. The number of hydrogen-bond donors (Lipinski definition) is 1. The van der Waals surface area contributed by atoms with Crippen molar-refractivity contribution in [2.24, 2.45) is 17.1 Å². The molecule has 2 N–H and O–H groups in total. The summed E-state index contributed by atoms with van der Waals surface area (Å²) in [7, 11) is 4.03. The number of likely N-dealkylation sites (N-methyl/N-ethyl adjacent to an activating group) is 2. The summed E-state index contributed by atoms with van der Waals surface area (Å²) < 4.78 is 0. The normalized spacial score (nSPS) is 27.8. The van der Waals surface area contributed by atoms with Crippen molar-refractivity contribution in [1.29, 1.82) is 0 Å². The number of nitrogens with two attached hydrogens (primary N) is 1. The zero-order valence-electron chi connectivity index (χ0n) is 12.8. The summed E-state index contributed by atoms with van der Waals surface area (Å²) in [5.74, 6) is 0.656.